The number of aryl methyl sites for hydroxylation is 1. The first-order valence-corrected chi connectivity index (χ1v) is 5.17. The van der Waals surface area contributed by atoms with Gasteiger partial charge < -0.3 is 10.2 Å². The lowest BCUT2D eigenvalue weighted by molar-refractivity contribution is 0.619. The maximum absolute atomic E-state index is 5.67. The molecule has 0 aliphatic rings. The third-order valence-corrected chi connectivity index (χ3v) is 2.40. The van der Waals surface area contributed by atoms with E-state index in [0.29, 0.717) is 22.8 Å². The monoisotopic (exact) mass is 226 g/mol. The van der Waals surface area contributed by atoms with Gasteiger partial charge in [-0.05, 0) is 25.1 Å². The van der Waals surface area contributed by atoms with E-state index in [1.54, 1.807) is 18.5 Å². The number of aromatic nitrogens is 3. The molecule has 0 saturated carbocycles. The van der Waals surface area contributed by atoms with Crippen molar-refractivity contribution in [2.24, 2.45) is 0 Å². The molecule has 5 nitrogen and oxygen atoms in total. The number of fused-ring (bicyclic) bond motifs is 1. The first-order valence-electron chi connectivity index (χ1n) is 5.17. The summed E-state index contributed by atoms with van der Waals surface area (Å²) in [6.07, 6.45) is 3.24. The standard InChI is InChI=1S/C12H10N4O/c1-7-2-3-10-11(15-7)16-12(17-10)8-4-9(13)6-14-5-8/h2-6H,13H2,1H3. The number of rotatable bonds is 1. The fourth-order valence-electron chi connectivity index (χ4n) is 1.61. The number of nitrogens with two attached hydrogens (primary N) is 1. The largest absolute Gasteiger partial charge is 0.434 e. The molecule has 0 saturated heterocycles. The van der Waals surface area contributed by atoms with Crippen molar-refractivity contribution in [3.05, 3.63) is 36.3 Å². The van der Waals surface area contributed by atoms with E-state index in [1.807, 2.05) is 19.1 Å². The van der Waals surface area contributed by atoms with Crippen LogP contribution in [0.5, 0.6) is 0 Å². The fraction of sp³-hybridized carbons (Fsp3) is 0.0833. The summed E-state index contributed by atoms with van der Waals surface area (Å²) in [5.74, 6) is 0.484. The number of nitrogens with zero attached hydrogens (tertiary/aromatic N) is 3. The minimum absolute atomic E-state index is 0.484. The lowest BCUT2D eigenvalue weighted by Crippen LogP contribution is -1.87. The van der Waals surface area contributed by atoms with E-state index in [-0.39, 0.29) is 0 Å². The summed E-state index contributed by atoms with van der Waals surface area (Å²) < 4.78 is 5.59. The van der Waals surface area contributed by atoms with E-state index in [1.165, 1.54) is 0 Å². The minimum atomic E-state index is 0.484. The molecule has 0 atom stereocenters. The summed E-state index contributed by atoms with van der Waals surface area (Å²) in [5, 5.41) is 0. The van der Waals surface area contributed by atoms with Crippen LogP contribution in [-0.4, -0.2) is 15.0 Å². The Morgan fingerprint density at radius 3 is 2.88 bits per heavy atom. The average Bonchev–Trinajstić information content (AvgIpc) is 2.72. The summed E-state index contributed by atoms with van der Waals surface area (Å²) in [6.45, 7) is 1.91. The predicted octanol–water partition coefficient (Wildman–Crippen LogP) is 2.18. The van der Waals surface area contributed by atoms with Crippen molar-refractivity contribution >= 4 is 16.9 Å². The van der Waals surface area contributed by atoms with Crippen LogP contribution in [0.15, 0.2) is 35.0 Å². The highest BCUT2D eigenvalue weighted by atomic mass is 16.3. The van der Waals surface area contributed by atoms with E-state index in [0.717, 1.165) is 11.3 Å². The van der Waals surface area contributed by atoms with Gasteiger partial charge in [-0.3, -0.25) is 4.98 Å². The molecular weight excluding hydrogens is 216 g/mol. The molecule has 0 amide bonds. The Hall–Kier alpha value is -2.43. The van der Waals surface area contributed by atoms with E-state index < -0.39 is 0 Å². The molecule has 17 heavy (non-hydrogen) atoms. The molecule has 0 radical (unpaired) electrons. The van der Waals surface area contributed by atoms with Gasteiger partial charge in [0.15, 0.2) is 11.2 Å². The van der Waals surface area contributed by atoms with Crippen molar-refractivity contribution in [2.45, 2.75) is 6.92 Å². The maximum Gasteiger partial charge on any atom is 0.230 e. The smallest absolute Gasteiger partial charge is 0.230 e. The van der Waals surface area contributed by atoms with Crippen LogP contribution in [0.25, 0.3) is 22.7 Å². The van der Waals surface area contributed by atoms with E-state index in [4.69, 9.17) is 10.2 Å². The topological polar surface area (TPSA) is 77.8 Å². The van der Waals surface area contributed by atoms with Gasteiger partial charge in [0.25, 0.3) is 0 Å². The Kier molecular flexibility index (Phi) is 2.04. The van der Waals surface area contributed by atoms with Crippen LogP contribution in [0, 0.1) is 6.92 Å². The van der Waals surface area contributed by atoms with Crippen LogP contribution in [0.3, 0.4) is 0 Å². The van der Waals surface area contributed by atoms with Crippen molar-refractivity contribution in [3.63, 3.8) is 0 Å². The van der Waals surface area contributed by atoms with Crippen LogP contribution < -0.4 is 5.73 Å². The number of hydrogen-bond donors (Lipinski definition) is 1. The highest BCUT2D eigenvalue weighted by Gasteiger charge is 2.09. The van der Waals surface area contributed by atoms with Crippen LogP contribution >= 0.6 is 0 Å². The van der Waals surface area contributed by atoms with Gasteiger partial charge in [0.2, 0.25) is 5.89 Å². The Balaban J connectivity index is 2.18. The molecule has 0 aromatic carbocycles. The molecule has 0 aliphatic carbocycles. The lowest BCUT2D eigenvalue weighted by atomic mass is 10.3. The van der Waals surface area contributed by atoms with Crippen LogP contribution in [0.1, 0.15) is 5.69 Å². The van der Waals surface area contributed by atoms with Gasteiger partial charge in [0.05, 0.1) is 11.3 Å². The normalized spacial score (nSPS) is 10.9. The number of oxazole rings is 1. The molecule has 84 valence electrons. The number of anilines is 1. The van der Waals surface area contributed by atoms with E-state index in [2.05, 4.69) is 15.0 Å². The number of nitrogen functional groups attached to an aromatic ring is 1. The molecule has 0 unspecified atom stereocenters. The Morgan fingerprint density at radius 2 is 2.06 bits per heavy atom. The molecule has 0 bridgehead atoms. The highest BCUT2D eigenvalue weighted by Crippen LogP contribution is 2.23. The second kappa shape index (κ2) is 3.55. The first-order chi connectivity index (χ1) is 8.22. The van der Waals surface area contributed by atoms with Crippen molar-refractivity contribution in [1.82, 2.24) is 15.0 Å². The van der Waals surface area contributed by atoms with Crippen molar-refractivity contribution in [1.29, 1.82) is 0 Å². The lowest BCUT2D eigenvalue weighted by Gasteiger charge is -1.95. The van der Waals surface area contributed by atoms with Crippen molar-refractivity contribution < 1.29 is 4.42 Å². The average molecular weight is 226 g/mol. The van der Waals surface area contributed by atoms with Crippen LogP contribution in [0.4, 0.5) is 5.69 Å². The van der Waals surface area contributed by atoms with Crippen molar-refractivity contribution in [3.8, 4) is 11.5 Å². The molecule has 0 fully saturated rings. The van der Waals surface area contributed by atoms with Gasteiger partial charge in [-0.15, -0.1) is 0 Å². The Bertz CT molecular complexity index is 690. The molecule has 3 rings (SSSR count). The second-order valence-electron chi connectivity index (χ2n) is 3.80. The van der Waals surface area contributed by atoms with Gasteiger partial charge in [0, 0.05) is 18.1 Å². The SMILES string of the molecule is Cc1ccc2oc(-c3cncc(N)c3)nc2n1. The summed E-state index contributed by atoms with van der Waals surface area (Å²) in [5.41, 5.74) is 9.16. The number of hydrogen-bond acceptors (Lipinski definition) is 5. The van der Waals surface area contributed by atoms with E-state index >= 15 is 0 Å². The molecule has 3 aromatic rings. The molecule has 0 spiro atoms. The van der Waals surface area contributed by atoms with Gasteiger partial charge in [-0.1, -0.05) is 0 Å². The zero-order valence-electron chi connectivity index (χ0n) is 9.21. The predicted molar refractivity (Wildman–Crippen MR) is 64.2 cm³/mol. The highest BCUT2D eigenvalue weighted by molar-refractivity contribution is 5.72. The summed E-state index contributed by atoms with van der Waals surface area (Å²) in [6, 6.07) is 5.51. The minimum Gasteiger partial charge on any atom is -0.434 e. The van der Waals surface area contributed by atoms with Crippen LogP contribution in [-0.2, 0) is 0 Å². The Morgan fingerprint density at radius 1 is 1.18 bits per heavy atom. The third-order valence-electron chi connectivity index (χ3n) is 2.40. The molecule has 5 heteroatoms. The van der Waals surface area contributed by atoms with Crippen LogP contribution in [0.2, 0.25) is 0 Å². The third kappa shape index (κ3) is 1.71. The van der Waals surface area contributed by atoms with Crippen molar-refractivity contribution in [2.75, 3.05) is 5.73 Å². The zero-order chi connectivity index (χ0) is 11.8. The summed E-state index contributed by atoms with van der Waals surface area (Å²) in [4.78, 5) is 12.6. The summed E-state index contributed by atoms with van der Waals surface area (Å²) >= 11 is 0. The van der Waals surface area contributed by atoms with Gasteiger partial charge in [-0.25, -0.2) is 4.98 Å². The van der Waals surface area contributed by atoms with E-state index in [9.17, 15) is 0 Å². The molecular formula is C12H10N4O. The fourth-order valence-corrected chi connectivity index (χ4v) is 1.61. The molecule has 3 heterocycles. The quantitative estimate of drug-likeness (QED) is 0.688. The maximum atomic E-state index is 5.67. The number of pyridine rings is 2. The molecule has 3 aromatic heterocycles. The zero-order valence-corrected chi connectivity index (χ0v) is 9.21. The van der Waals surface area contributed by atoms with Gasteiger partial charge in [0.1, 0.15) is 0 Å². The summed E-state index contributed by atoms with van der Waals surface area (Å²) in [7, 11) is 0. The molecule has 2 N–H and O–H groups in total. The molecule has 0 aliphatic heterocycles. The van der Waals surface area contributed by atoms with Gasteiger partial charge >= 0.3 is 0 Å². The van der Waals surface area contributed by atoms with Gasteiger partial charge in [-0.2, -0.15) is 4.98 Å². The second-order valence-corrected chi connectivity index (χ2v) is 3.80. The first kappa shape index (κ1) is 9.77. The Labute approximate surface area is 97.3 Å².